The van der Waals surface area contributed by atoms with Crippen LogP contribution in [-0.2, 0) is 4.79 Å². The molecule has 0 bridgehead atoms. The summed E-state index contributed by atoms with van der Waals surface area (Å²) in [5, 5.41) is 0. The second-order valence-electron chi connectivity index (χ2n) is 5.32. The lowest BCUT2D eigenvalue weighted by atomic mass is 9.95. The highest BCUT2D eigenvalue weighted by molar-refractivity contribution is 7.99. The second kappa shape index (κ2) is 6.83. The molecule has 1 aromatic carbocycles. The van der Waals surface area contributed by atoms with Gasteiger partial charge in [-0.15, -0.1) is 24.2 Å². The Kier molecular flexibility index (Phi) is 5.35. The molecule has 5 heteroatoms. The SMILES string of the molecule is Cl.NCC1CCCCN1C(=O)C1CSc2ccccc21. The van der Waals surface area contributed by atoms with Crippen LogP contribution in [0.5, 0.6) is 0 Å². The van der Waals surface area contributed by atoms with Gasteiger partial charge in [-0.3, -0.25) is 4.79 Å². The van der Waals surface area contributed by atoms with Crippen molar-refractivity contribution in [2.45, 2.75) is 36.1 Å². The average Bonchev–Trinajstić information content (AvgIpc) is 2.90. The molecule has 1 fully saturated rings. The molecular weight excluding hydrogens is 292 g/mol. The first kappa shape index (κ1) is 15.7. The van der Waals surface area contributed by atoms with Crippen LogP contribution in [0.3, 0.4) is 0 Å². The van der Waals surface area contributed by atoms with Crippen LogP contribution < -0.4 is 5.73 Å². The molecule has 2 aliphatic heterocycles. The molecule has 0 spiro atoms. The summed E-state index contributed by atoms with van der Waals surface area (Å²) < 4.78 is 0. The number of thioether (sulfide) groups is 1. The molecule has 1 amide bonds. The van der Waals surface area contributed by atoms with Crippen molar-refractivity contribution in [3.8, 4) is 0 Å². The fourth-order valence-electron chi connectivity index (χ4n) is 3.10. The molecule has 3 nitrogen and oxygen atoms in total. The van der Waals surface area contributed by atoms with E-state index in [0.29, 0.717) is 6.54 Å². The maximum Gasteiger partial charge on any atom is 0.231 e. The Bertz CT molecular complexity index is 483. The molecule has 1 aromatic rings. The number of hydrogen-bond acceptors (Lipinski definition) is 3. The summed E-state index contributed by atoms with van der Waals surface area (Å²) in [7, 11) is 0. The first-order valence-corrected chi connectivity index (χ1v) is 8.02. The van der Waals surface area contributed by atoms with Gasteiger partial charge < -0.3 is 10.6 Å². The molecule has 2 heterocycles. The number of rotatable bonds is 2. The van der Waals surface area contributed by atoms with E-state index in [1.165, 1.54) is 16.9 Å². The molecule has 2 aliphatic rings. The molecule has 0 saturated carbocycles. The Morgan fingerprint density at radius 3 is 2.95 bits per heavy atom. The number of nitrogens with zero attached hydrogens (tertiary/aromatic N) is 1. The minimum absolute atomic E-state index is 0. The quantitative estimate of drug-likeness (QED) is 0.913. The van der Waals surface area contributed by atoms with Crippen molar-refractivity contribution < 1.29 is 4.79 Å². The number of halogens is 1. The molecule has 0 aromatic heterocycles. The molecule has 2 atom stereocenters. The van der Waals surface area contributed by atoms with Crippen LogP contribution in [0.25, 0.3) is 0 Å². The van der Waals surface area contributed by atoms with E-state index in [1.807, 2.05) is 17.0 Å². The van der Waals surface area contributed by atoms with Crippen LogP contribution in [-0.4, -0.2) is 35.7 Å². The minimum Gasteiger partial charge on any atom is -0.338 e. The first-order valence-electron chi connectivity index (χ1n) is 7.03. The summed E-state index contributed by atoms with van der Waals surface area (Å²) in [4.78, 5) is 16.1. The lowest BCUT2D eigenvalue weighted by molar-refractivity contribution is -0.135. The molecular formula is C15H21ClN2OS. The van der Waals surface area contributed by atoms with Crippen LogP contribution in [0.2, 0.25) is 0 Å². The van der Waals surface area contributed by atoms with E-state index in [4.69, 9.17) is 5.73 Å². The van der Waals surface area contributed by atoms with Crippen molar-refractivity contribution in [3.05, 3.63) is 29.8 Å². The summed E-state index contributed by atoms with van der Waals surface area (Å²) in [6.07, 6.45) is 3.37. The van der Waals surface area contributed by atoms with Gasteiger partial charge in [-0.1, -0.05) is 18.2 Å². The Morgan fingerprint density at radius 2 is 2.15 bits per heavy atom. The van der Waals surface area contributed by atoms with Gasteiger partial charge in [0.05, 0.1) is 5.92 Å². The van der Waals surface area contributed by atoms with E-state index in [1.54, 1.807) is 11.8 Å². The van der Waals surface area contributed by atoms with Crippen LogP contribution in [0, 0.1) is 0 Å². The summed E-state index contributed by atoms with van der Waals surface area (Å²) in [5.41, 5.74) is 7.03. The smallest absolute Gasteiger partial charge is 0.231 e. The van der Waals surface area contributed by atoms with Gasteiger partial charge in [-0.25, -0.2) is 0 Å². The number of benzene rings is 1. The molecule has 2 unspecified atom stereocenters. The third-order valence-electron chi connectivity index (χ3n) is 4.18. The van der Waals surface area contributed by atoms with E-state index in [-0.39, 0.29) is 30.3 Å². The van der Waals surface area contributed by atoms with Gasteiger partial charge >= 0.3 is 0 Å². The Labute approximate surface area is 130 Å². The van der Waals surface area contributed by atoms with E-state index in [9.17, 15) is 4.79 Å². The Hall–Kier alpha value is -0.710. The predicted octanol–water partition coefficient (Wildman–Crippen LogP) is 2.64. The molecule has 20 heavy (non-hydrogen) atoms. The second-order valence-corrected chi connectivity index (χ2v) is 6.38. The first-order chi connectivity index (χ1) is 9.31. The summed E-state index contributed by atoms with van der Waals surface area (Å²) in [5.74, 6) is 1.20. The largest absolute Gasteiger partial charge is 0.338 e. The van der Waals surface area contributed by atoms with Crippen molar-refractivity contribution in [1.29, 1.82) is 0 Å². The molecule has 2 N–H and O–H groups in total. The molecule has 3 rings (SSSR count). The number of hydrogen-bond donors (Lipinski definition) is 1. The van der Waals surface area contributed by atoms with Crippen molar-refractivity contribution in [2.24, 2.45) is 5.73 Å². The van der Waals surface area contributed by atoms with Gasteiger partial charge in [0.1, 0.15) is 0 Å². The third kappa shape index (κ3) is 2.83. The normalized spacial score (nSPS) is 24.9. The molecule has 0 aliphatic carbocycles. The summed E-state index contributed by atoms with van der Waals surface area (Å²) in [6.45, 7) is 1.47. The van der Waals surface area contributed by atoms with Crippen molar-refractivity contribution in [1.82, 2.24) is 4.90 Å². The monoisotopic (exact) mass is 312 g/mol. The molecule has 0 radical (unpaired) electrons. The van der Waals surface area contributed by atoms with Crippen molar-refractivity contribution in [2.75, 3.05) is 18.8 Å². The fourth-order valence-corrected chi connectivity index (χ4v) is 4.32. The maximum atomic E-state index is 12.8. The average molecular weight is 313 g/mol. The Balaban J connectivity index is 0.00000147. The number of carbonyl (C=O) groups excluding carboxylic acids is 1. The number of nitrogens with two attached hydrogens (primary N) is 1. The number of likely N-dealkylation sites (tertiary alicyclic amines) is 1. The highest BCUT2D eigenvalue weighted by Gasteiger charge is 2.35. The Morgan fingerprint density at radius 1 is 1.35 bits per heavy atom. The number of amides is 1. The van der Waals surface area contributed by atoms with Gasteiger partial charge in [-0.2, -0.15) is 0 Å². The number of piperidine rings is 1. The standard InChI is InChI=1S/C15H20N2OS.ClH/c16-9-11-5-3-4-8-17(11)15(18)13-10-19-14-7-2-1-6-12(13)14;/h1-2,6-7,11,13H,3-5,8-10,16H2;1H. The van der Waals surface area contributed by atoms with Crippen molar-refractivity contribution in [3.63, 3.8) is 0 Å². The van der Waals surface area contributed by atoms with E-state index >= 15 is 0 Å². The van der Waals surface area contributed by atoms with Gasteiger partial charge in [0.2, 0.25) is 5.91 Å². The van der Waals surface area contributed by atoms with Gasteiger partial charge in [-0.05, 0) is 30.9 Å². The summed E-state index contributed by atoms with van der Waals surface area (Å²) in [6, 6.07) is 8.53. The zero-order valence-electron chi connectivity index (χ0n) is 11.5. The fraction of sp³-hybridized carbons (Fsp3) is 0.533. The van der Waals surface area contributed by atoms with Gasteiger partial charge in [0, 0.05) is 29.8 Å². The highest BCUT2D eigenvalue weighted by atomic mass is 35.5. The van der Waals surface area contributed by atoms with Gasteiger partial charge in [0.15, 0.2) is 0 Å². The zero-order chi connectivity index (χ0) is 13.2. The number of carbonyl (C=O) groups is 1. The topological polar surface area (TPSA) is 46.3 Å². The highest BCUT2D eigenvalue weighted by Crippen LogP contribution is 2.40. The van der Waals surface area contributed by atoms with E-state index < -0.39 is 0 Å². The van der Waals surface area contributed by atoms with Crippen LogP contribution in [0.15, 0.2) is 29.2 Å². The summed E-state index contributed by atoms with van der Waals surface area (Å²) >= 11 is 1.80. The lowest BCUT2D eigenvalue weighted by Gasteiger charge is -2.36. The zero-order valence-corrected chi connectivity index (χ0v) is 13.1. The maximum absolute atomic E-state index is 12.8. The molecule has 110 valence electrons. The van der Waals surface area contributed by atoms with Crippen molar-refractivity contribution >= 4 is 30.1 Å². The number of fused-ring (bicyclic) bond motifs is 1. The van der Waals surface area contributed by atoms with E-state index in [2.05, 4.69) is 12.1 Å². The molecule has 1 saturated heterocycles. The third-order valence-corrected chi connectivity index (χ3v) is 5.36. The predicted molar refractivity (Wildman–Crippen MR) is 85.6 cm³/mol. The minimum atomic E-state index is 0. The van der Waals surface area contributed by atoms with E-state index in [0.717, 1.165) is 25.1 Å². The van der Waals surface area contributed by atoms with Gasteiger partial charge in [0.25, 0.3) is 0 Å². The van der Waals surface area contributed by atoms with Crippen LogP contribution in [0.4, 0.5) is 0 Å². The van der Waals surface area contributed by atoms with Crippen LogP contribution >= 0.6 is 24.2 Å². The lowest BCUT2D eigenvalue weighted by Crippen LogP contribution is -2.49. The van der Waals surface area contributed by atoms with Crippen LogP contribution in [0.1, 0.15) is 30.7 Å².